The average Bonchev–Trinajstić information content (AvgIpc) is 2.95. The van der Waals surface area contributed by atoms with Gasteiger partial charge >= 0.3 is 0 Å². The van der Waals surface area contributed by atoms with Gasteiger partial charge in [0, 0.05) is 12.0 Å². The summed E-state index contributed by atoms with van der Waals surface area (Å²) in [7, 11) is 0. The molecule has 1 saturated heterocycles. The number of hydrogen-bond donors (Lipinski definition) is 3. The summed E-state index contributed by atoms with van der Waals surface area (Å²) in [5.74, 6) is 0.262. The molecule has 4 nitrogen and oxygen atoms in total. The van der Waals surface area contributed by atoms with Crippen molar-refractivity contribution in [1.82, 2.24) is 10.9 Å². The lowest BCUT2D eigenvalue weighted by atomic mass is 9.96. The number of benzene rings is 1. The van der Waals surface area contributed by atoms with Crippen LogP contribution in [0.4, 0.5) is 5.69 Å². The Labute approximate surface area is 121 Å². The molecule has 1 saturated carbocycles. The largest absolute Gasteiger partial charge is 0.322 e. The van der Waals surface area contributed by atoms with E-state index in [1.165, 1.54) is 6.42 Å². The van der Waals surface area contributed by atoms with Gasteiger partial charge in [0.2, 0.25) is 5.91 Å². The van der Waals surface area contributed by atoms with Gasteiger partial charge in [0.15, 0.2) is 0 Å². The van der Waals surface area contributed by atoms with E-state index in [1.54, 1.807) is 18.2 Å². The van der Waals surface area contributed by atoms with Crippen LogP contribution in [0, 0.1) is 5.92 Å². The molecule has 1 aliphatic heterocycles. The first kappa shape index (κ1) is 13.2. The van der Waals surface area contributed by atoms with Gasteiger partial charge in [0.1, 0.15) is 6.04 Å². The van der Waals surface area contributed by atoms with Gasteiger partial charge in [0.05, 0.1) is 15.7 Å². The van der Waals surface area contributed by atoms with Crippen LogP contribution in [0.5, 0.6) is 0 Å². The first-order valence-corrected chi connectivity index (χ1v) is 7.18. The van der Waals surface area contributed by atoms with E-state index in [4.69, 9.17) is 23.2 Å². The van der Waals surface area contributed by atoms with Gasteiger partial charge in [-0.15, -0.1) is 0 Å². The predicted octanol–water partition coefficient (Wildman–Crippen LogP) is 2.58. The Kier molecular flexibility index (Phi) is 3.67. The Morgan fingerprint density at radius 1 is 1.21 bits per heavy atom. The molecule has 2 aliphatic rings. The first-order chi connectivity index (χ1) is 9.16. The van der Waals surface area contributed by atoms with Crippen molar-refractivity contribution in [2.45, 2.75) is 31.3 Å². The zero-order valence-electron chi connectivity index (χ0n) is 10.2. The summed E-state index contributed by atoms with van der Waals surface area (Å²) in [6.45, 7) is 0. The molecule has 3 rings (SSSR count). The Hall–Kier alpha value is -0.810. The molecule has 0 radical (unpaired) electrons. The zero-order chi connectivity index (χ0) is 13.4. The standard InChI is InChI=1S/C13H15Cl2N3O/c14-8-4-2-5-9(15)12(8)16-13(19)11-7-3-1-6-10(7)17-18-11/h2,4-5,7,10-11,17-18H,1,3,6H2,(H,16,19). The maximum absolute atomic E-state index is 12.3. The Balaban J connectivity index is 1.75. The van der Waals surface area contributed by atoms with Gasteiger partial charge in [0.25, 0.3) is 0 Å². The van der Waals surface area contributed by atoms with E-state index >= 15 is 0 Å². The molecule has 0 spiro atoms. The minimum atomic E-state index is -0.222. The van der Waals surface area contributed by atoms with Crippen molar-refractivity contribution in [1.29, 1.82) is 0 Å². The number of anilines is 1. The Bertz CT molecular complexity index is 488. The minimum absolute atomic E-state index is 0.0862. The number of carbonyl (C=O) groups is 1. The summed E-state index contributed by atoms with van der Waals surface area (Å²) in [5, 5.41) is 3.73. The van der Waals surface area contributed by atoms with E-state index in [0.29, 0.717) is 27.7 Å². The third-order valence-electron chi connectivity index (χ3n) is 3.92. The molecule has 1 aliphatic carbocycles. The lowest BCUT2D eigenvalue weighted by Crippen LogP contribution is -2.42. The topological polar surface area (TPSA) is 53.2 Å². The van der Waals surface area contributed by atoms with Crippen molar-refractivity contribution in [3.05, 3.63) is 28.2 Å². The SMILES string of the molecule is O=C(Nc1c(Cl)cccc1Cl)C1NNC2CCCC21. The Morgan fingerprint density at radius 3 is 2.68 bits per heavy atom. The van der Waals surface area contributed by atoms with E-state index in [0.717, 1.165) is 12.8 Å². The monoisotopic (exact) mass is 299 g/mol. The van der Waals surface area contributed by atoms with Gasteiger partial charge < -0.3 is 5.32 Å². The second-order valence-corrected chi connectivity index (χ2v) is 5.87. The van der Waals surface area contributed by atoms with Gasteiger partial charge in [-0.05, 0) is 25.0 Å². The molecule has 2 fully saturated rings. The summed E-state index contributed by atoms with van der Waals surface area (Å²) in [4.78, 5) is 12.3. The third kappa shape index (κ3) is 2.46. The number of amides is 1. The van der Waals surface area contributed by atoms with Crippen LogP contribution < -0.4 is 16.2 Å². The van der Waals surface area contributed by atoms with Crippen LogP contribution in [0.2, 0.25) is 10.0 Å². The van der Waals surface area contributed by atoms with E-state index < -0.39 is 0 Å². The molecule has 102 valence electrons. The highest BCUT2D eigenvalue weighted by Gasteiger charge is 2.42. The molecule has 0 bridgehead atoms. The maximum atomic E-state index is 12.3. The molecule has 3 atom stereocenters. The van der Waals surface area contributed by atoms with Crippen LogP contribution in [-0.2, 0) is 4.79 Å². The van der Waals surface area contributed by atoms with Crippen LogP contribution in [0.15, 0.2) is 18.2 Å². The molecule has 3 unspecified atom stereocenters. The number of carbonyl (C=O) groups excluding carboxylic acids is 1. The molecule has 1 aromatic rings. The normalized spacial score (nSPS) is 29.3. The first-order valence-electron chi connectivity index (χ1n) is 6.43. The molecular formula is C13H15Cl2N3O. The Morgan fingerprint density at radius 2 is 1.95 bits per heavy atom. The quantitative estimate of drug-likeness (QED) is 0.787. The van der Waals surface area contributed by atoms with Crippen LogP contribution in [-0.4, -0.2) is 18.0 Å². The molecule has 19 heavy (non-hydrogen) atoms. The third-order valence-corrected chi connectivity index (χ3v) is 4.55. The molecular weight excluding hydrogens is 285 g/mol. The number of para-hydroxylation sites is 1. The summed E-state index contributed by atoms with van der Waals surface area (Å²) in [6.07, 6.45) is 3.36. The smallest absolute Gasteiger partial charge is 0.243 e. The average molecular weight is 300 g/mol. The highest BCUT2D eigenvalue weighted by atomic mass is 35.5. The highest BCUT2D eigenvalue weighted by molar-refractivity contribution is 6.39. The van der Waals surface area contributed by atoms with Crippen molar-refractivity contribution in [3.8, 4) is 0 Å². The van der Waals surface area contributed by atoms with E-state index in [9.17, 15) is 4.79 Å². The maximum Gasteiger partial charge on any atom is 0.243 e. The fraction of sp³-hybridized carbons (Fsp3) is 0.462. The second kappa shape index (κ2) is 5.29. The number of hydrazine groups is 1. The second-order valence-electron chi connectivity index (χ2n) is 5.05. The number of halogens is 2. The van der Waals surface area contributed by atoms with E-state index in [-0.39, 0.29) is 11.9 Å². The summed E-state index contributed by atoms with van der Waals surface area (Å²) in [6, 6.07) is 5.35. The molecule has 3 N–H and O–H groups in total. The molecule has 1 amide bonds. The van der Waals surface area contributed by atoms with Crippen molar-refractivity contribution < 1.29 is 4.79 Å². The number of nitrogens with one attached hydrogen (secondary N) is 3. The number of fused-ring (bicyclic) bond motifs is 1. The number of hydrogen-bond acceptors (Lipinski definition) is 3. The van der Waals surface area contributed by atoms with Crippen molar-refractivity contribution in [3.63, 3.8) is 0 Å². The fourth-order valence-electron chi connectivity index (χ4n) is 2.95. The summed E-state index contributed by atoms with van der Waals surface area (Å²) >= 11 is 12.1. The minimum Gasteiger partial charge on any atom is -0.322 e. The summed E-state index contributed by atoms with van der Waals surface area (Å²) < 4.78 is 0. The van der Waals surface area contributed by atoms with Crippen LogP contribution in [0.1, 0.15) is 19.3 Å². The predicted molar refractivity (Wildman–Crippen MR) is 76.3 cm³/mol. The lowest BCUT2D eigenvalue weighted by molar-refractivity contribution is -0.118. The molecule has 1 aromatic carbocycles. The zero-order valence-corrected chi connectivity index (χ0v) is 11.8. The molecule has 6 heteroatoms. The van der Waals surface area contributed by atoms with Gasteiger partial charge in [-0.3, -0.25) is 10.2 Å². The van der Waals surface area contributed by atoms with Crippen molar-refractivity contribution in [2.24, 2.45) is 5.92 Å². The lowest BCUT2D eigenvalue weighted by Gasteiger charge is -2.17. The van der Waals surface area contributed by atoms with Crippen LogP contribution in [0.25, 0.3) is 0 Å². The van der Waals surface area contributed by atoms with Crippen LogP contribution in [0.3, 0.4) is 0 Å². The van der Waals surface area contributed by atoms with E-state index in [2.05, 4.69) is 16.2 Å². The fourth-order valence-corrected chi connectivity index (χ4v) is 3.44. The van der Waals surface area contributed by atoms with Gasteiger partial charge in [-0.25, -0.2) is 5.43 Å². The highest BCUT2D eigenvalue weighted by Crippen LogP contribution is 2.34. The summed E-state index contributed by atoms with van der Waals surface area (Å²) in [5.41, 5.74) is 6.74. The van der Waals surface area contributed by atoms with Crippen molar-refractivity contribution in [2.75, 3.05) is 5.32 Å². The van der Waals surface area contributed by atoms with E-state index in [1.807, 2.05) is 0 Å². The molecule has 0 aromatic heterocycles. The van der Waals surface area contributed by atoms with Crippen LogP contribution >= 0.6 is 23.2 Å². The van der Waals surface area contributed by atoms with Gasteiger partial charge in [-0.1, -0.05) is 35.7 Å². The number of rotatable bonds is 2. The molecule has 1 heterocycles. The van der Waals surface area contributed by atoms with Crippen molar-refractivity contribution >= 4 is 34.8 Å². The van der Waals surface area contributed by atoms with Gasteiger partial charge in [-0.2, -0.15) is 0 Å².